The minimum atomic E-state index is 0.211. The van der Waals surface area contributed by atoms with Gasteiger partial charge >= 0.3 is 0 Å². The Morgan fingerprint density at radius 3 is 2.77 bits per heavy atom. The maximum absolute atomic E-state index is 12.7. The first-order valence-electron chi connectivity index (χ1n) is 11.2. The molecule has 1 saturated carbocycles. The van der Waals surface area contributed by atoms with E-state index in [1.165, 1.54) is 31.2 Å². The Bertz CT molecular complexity index is 795. The Morgan fingerprint density at radius 2 is 1.97 bits per heavy atom. The minimum Gasteiger partial charge on any atom is -0.493 e. The van der Waals surface area contributed by atoms with Crippen molar-refractivity contribution in [1.29, 1.82) is 0 Å². The first-order chi connectivity index (χ1) is 14.7. The van der Waals surface area contributed by atoms with Crippen molar-refractivity contribution in [2.45, 2.75) is 57.5 Å². The Kier molecular flexibility index (Phi) is 6.65. The smallest absolute Gasteiger partial charge is 0.222 e. The van der Waals surface area contributed by atoms with Gasteiger partial charge in [0.25, 0.3) is 0 Å². The molecule has 0 aromatic heterocycles. The third kappa shape index (κ3) is 4.65. The van der Waals surface area contributed by atoms with E-state index < -0.39 is 0 Å². The van der Waals surface area contributed by atoms with Crippen LogP contribution < -0.4 is 20.1 Å². The van der Waals surface area contributed by atoms with Crippen molar-refractivity contribution >= 4 is 11.9 Å². The summed E-state index contributed by atoms with van der Waals surface area (Å²) >= 11 is 0. The summed E-state index contributed by atoms with van der Waals surface area (Å²) in [5.41, 5.74) is 2.38. The zero-order valence-electron chi connectivity index (χ0n) is 18.2. The molecule has 164 valence electrons. The lowest BCUT2D eigenvalue weighted by molar-refractivity contribution is -0.132. The Balaban J connectivity index is 1.23. The normalized spacial score (nSPS) is 22.9. The molecular weight excluding hydrogens is 380 g/mol. The lowest BCUT2D eigenvalue weighted by atomic mass is 9.84. The summed E-state index contributed by atoms with van der Waals surface area (Å²) in [5.74, 6) is 3.30. The highest BCUT2D eigenvalue weighted by atomic mass is 16.5. The van der Waals surface area contributed by atoms with E-state index in [-0.39, 0.29) is 5.91 Å². The van der Waals surface area contributed by atoms with Gasteiger partial charge in [-0.1, -0.05) is 12.8 Å². The van der Waals surface area contributed by atoms with E-state index in [1.54, 1.807) is 14.2 Å². The van der Waals surface area contributed by atoms with Crippen LogP contribution in [-0.4, -0.2) is 56.7 Å². The molecule has 2 aliphatic heterocycles. The number of nitrogens with zero attached hydrogens (tertiary/aromatic N) is 2. The van der Waals surface area contributed by atoms with Gasteiger partial charge in [0, 0.05) is 38.6 Å². The Labute approximate surface area is 179 Å². The number of hydrogen-bond acceptors (Lipinski definition) is 6. The van der Waals surface area contributed by atoms with Gasteiger partial charge in [-0.2, -0.15) is 0 Å². The van der Waals surface area contributed by atoms with Crippen LogP contribution in [0.25, 0.3) is 0 Å². The average Bonchev–Trinajstić information content (AvgIpc) is 2.80. The third-order valence-corrected chi connectivity index (χ3v) is 6.65. The highest BCUT2D eigenvalue weighted by Crippen LogP contribution is 2.33. The van der Waals surface area contributed by atoms with Crippen LogP contribution >= 0.6 is 0 Å². The van der Waals surface area contributed by atoms with Gasteiger partial charge in [0.05, 0.1) is 14.2 Å². The van der Waals surface area contributed by atoms with E-state index in [4.69, 9.17) is 9.47 Å². The molecule has 0 bridgehead atoms. The highest BCUT2D eigenvalue weighted by Gasteiger charge is 2.28. The van der Waals surface area contributed by atoms with Crippen molar-refractivity contribution in [1.82, 2.24) is 15.5 Å². The number of ether oxygens (including phenoxy) is 2. The van der Waals surface area contributed by atoms with E-state index in [2.05, 4.69) is 15.6 Å². The van der Waals surface area contributed by atoms with E-state index in [1.807, 2.05) is 17.0 Å². The first kappa shape index (κ1) is 20.8. The van der Waals surface area contributed by atoms with Crippen LogP contribution in [0.3, 0.4) is 0 Å². The van der Waals surface area contributed by atoms with Gasteiger partial charge in [0.2, 0.25) is 5.91 Å². The monoisotopic (exact) mass is 414 g/mol. The molecule has 7 heteroatoms. The van der Waals surface area contributed by atoms with E-state index >= 15 is 0 Å². The number of rotatable bonds is 6. The predicted molar refractivity (Wildman–Crippen MR) is 117 cm³/mol. The Morgan fingerprint density at radius 1 is 1.20 bits per heavy atom. The van der Waals surface area contributed by atoms with Crippen LogP contribution in [0.15, 0.2) is 17.1 Å². The molecule has 1 amide bonds. The van der Waals surface area contributed by atoms with Crippen molar-refractivity contribution in [3.05, 3.63) is 23.3 Å². The summed E-state index contributed by atoms with van der Waals surface area (Å²) < 4.78 is 10.8. The van der Waals surface area contributed by atoms with E-state index in [0.29, 0.717) is 24.9 Å². The molecule has 4 rings (SSSR count). The van der Waals surface area contributed by atoms with Crippen LogP contribution in [-0.2, 0) is 17.8 Å². The van der Waals surface area contributed by atoms with Gasteiger partial charge in [-0.3, -0.25) is 9.79 Å². The first-order valence-corrected chi connectivity index (χ1v) is 11.2. The highest BCUT2D eigenvalue weighted by molar-refractivity contribution is 5.81. The third-order valence-electron chi connectivity index (χ3n) is 6.65. The number of fused-ring (bicyclic) bond motifs is 2. The van der Waals surface area contributed by atoms with Gasteiger partial charge in [0.15, 0.2) is 17.5 Å². The van der Waals surface area contributed by atoms with Gasteiger partial charge in [-0.25, -0.2) is 0 Å². The van der Waals surface area contributed by atoms with Crippen LogP contribution in [0, 0.1) is 5.92 Å². The van der Waals surface area contributed by atoms with Crippen LogP contribution in [0.5, 0.6) is 11.5 Å². The fourth-order valence-corrected chi connectivity index (χ4v) is 4.85. The van der Waals surface area contributed by atoms with Gasteiger partial charge in [0.1, 0.15) is 0 Å². The zero-order chi connectivity index (χ0) is 20.9. The number of hydrogen-bond donors (Lipinski definition) is 2. The van der Waals surface area contributed by atoms with Crippen LogP contribution in [0.1, 0.15) is 49.7 Å². The molecular formula is C23H34N4O3. The Hall–Kier alpha value is -2.44. The van der Waals surface area contributed by atoms with Crippen molar-refractivity contribution in [2.24, 2.45) is 10.9 Å². The van der Waals surface area contributed by atoms with E-state index in [9.17, 15) is 4.79 Å². The lowest BCUT2D eigenvalue weighted by Gasteiger charge is -2.35. The molecule has 1 aromatic carbocycles. The molecule has 0 radical (unpaired) electrons. The van der Waals surface area contributed by atoms with E-state index in [0.717, 1.165) is 55.5 Å². The number of carbonyl (C=O) groups excluding carboxylic acids is 1. The zero-order valence-corrected chi connectivity index (χ0v) is 18.2. The molecule has 3 aliphatic rings. The molecule has 2 atom stereocenters. The summed E-state index contributed by atoms with van der Waals surface area (Å²) in [6, 6.07) is 4.61. The molecule has 0 spiro atoms. The van der Waals surface area contributed by atoms with Gasteiger partial charge in [-0.05, 0) is 54.9 Å². The summed E-state index contributed by atoms with van der Waals surface area (Å²) in [7, 11) is 3.29. The van der Waals surface area contributed by atoms with Crippen LogP contribution in [0.4, 0.5) is 0 Å². The van der Waals surface area contributed by atoms with Crippen molar-refractivity contribution in [3.63, 3.8) is 0 Å². The SMILES string of the molecule is COc1cc2c(cc1OC)CN(C(=O)CCCNC1=NCC3CCCCC3N1)CC2. The molecule has 2 N–H and O–H groups in total. The number of nitrogens with one attached hydrogen (secondary N) is 2. The van der Waals surface area contributed by atoms with Crippen molar-refractivity contribution in [3.8, 4) is 11.5 Å². The standard InChI is InChI=1S/C23H34N4O3/c1-29-20-12-16-9-11-27(15-18(16)13-21(20)30-2)22(28)8-5-10-24-23-25-14-17-6-3-4-7-19(17)26-23/h12-13,17,19H,3-11,14-15H2,1-2H3,(H2,24,25,26). The number of carbonyl (C=O) groups is 1. The largest absolute Gasteiger partial charge is 0.493 e. The summed E-state index contributed by atoms with van der Waals surface area (Å²) in [6.45, 7) is 3.09. The number of amides is 1. The maximum atomic E-state index is 12.7. The van der Waals surface area contributed by atoms with Gasteiger partial charge in [-0.15, -0.1) is 0 Å². The predicted octanol–water partition coefficient (Wildman–Crippen LogP) is 2.48. The topological polar surface area (TPSA) is 75.2 Å². The minimum absolute atomic E-state index is 0.211. The fourth-order valence-electron chi connectivity index (χ4n) is 4.85. The average molecular weight is 415 g/mol. The molecule has 1 aromatic rings. The summed E-state index contributed by atoms with van der Waals surface area (Å²) in [5, 5.41) is 6.95. The summed E-state index contributed by atoms with van der Waals surface area (Å²) in [4.78, 5) is 19.3. The lowest BCUT2D eigenvalue weighted by Crippen LogP contribution is -2.52. The molecule has 30 heavy (non-hydrogen) atoms. The number of guanidine groups is 1. The fraction of sp³-hybridized carbons (Fsp3) is 0.652. The number of aliphatic imine (C=N–C) groups is 1. The number of benzene rings is 1. The molecule has 7 nitrogen and oxygen atoms in total. The second-order valence-electron chi connectivity index (χ2n) is 8.56. The maximum Gasteiger partial charge on any atom is 0.222 e. The molecule has 1 aliphatic carbocycles. The summed E-state index contributed by atoms with van der Waals surface area (Å²) in [6.07, 6.45) is 7.40. The molecule has 2 heterocycles. The molecule has 1 fully saturated rings. The second-order valence-corrected chi connectivity index (χ2v) is 8.56. The van der Waals surface area contributed by atoms with Crippen LogP contribution in [0.2, 0.25) is 0 Å². The van der Waals surface area contributed by atoms with Gasteiger partial charge < -0.3 is 25.0 Å². The second kappa shape index (κ2) is 9.58. The van der Waals surface area contributed by atoms with Crippen molar-refractivity contribution < 1.29 is 14.3 Å². The van der Waals surface area contributed by atoms with Crippen molar-refractivity contribution in [2.75, 3.05) is 33.9 Å². The number of methoxy groups -OCH3 is 2. The molecule has 0 saturated heterocycles. The molecule has 2 unspecified atom stereocenters. The quantitative estimate of drug-likeness (QED) is 0.700.